The van der Waals surface area contributed by atoms with Crippen molar-refractivity contribution in [3.8, 4) is 6.07 Å². The average molecular weight is 427 g/mol. The molecule has 0 unspecified atom stereocenters. The van der Waals surface area contributed by atoms with Crippen LogP contribution in [0.5, 0.6) is 0 Å². The summed E-state index contributed by atoms with van der Waals surface area (Å²) in [5.41, 5.74) is 1.84. The van der Waals surface area contributed by atoms with Gasteiger partial charge in [0.15, 0.2) is 0 Å². The van der Waals surface area contributed by atoms with Crippen molar-refractivity contribution in [1.82, 2.24) is 0 Å². The van der Waals surface area contributed by atoms with Crippen molar-refractivity contribution >= 4 is 50.1 Å². The third-order valence-electron chi connectivity index (χ3n) is 2.44. The molecule has 0 aliphatic heterocycles. The fraction of sp³-hybridized carbons (Fsp3) is 0. The molecule has 0 aliphatic carbocycles. The lowest BCUT2D eigenvalue weighted by atomic mass is 10.2. The van der Waals surface area contributed by atoms with E-state index >= 15 is 0 Å². The number of amides is 1. The molecule has 0 fully saturated rings. The van der Waals surface area contributed by atoms with E-state index in [9.17, 15) is 4.79 Å². The molecule has 2 aromatic carbocycles. The van der Waals surface area contributed by atoms with Gasteiger partial charge in [-0.05, 0) is 65.1 Å². The number of nitriles is 1. The molecule has 94 valence electrons. The lowest BCUT2D eigenvalue weighted by Gasteiger charge is -2.07. The summed E-state index contributed by atoms with van der Waals surface area (Å²) in [7, 11) is 0. The number of anilines is 1. The number of benzene rings is 2. The van der Waals surface area contributed by atoms with Gasteiger partial charge in [0.05, 0.1) is 17.2 Å². The van der Waals surface area contributed by atoms with Gasteiger partial charge in [-0.25, -0.2) is 0 Å². The summed E-state index contributed by atoms with van der Waals surface area (Å²) in [4.78, 5) is 12.1. The van der Waals surface area contributed by atoms with Gasteiger partial charge in [0.2, 0.25) is 0 Å². The summed E-state index contributed by atoms with van der Waals surface area (Å²) < 4.78 is 1.74. The molecule has 2 aromatic rings. The molecule has 19 heavy (non-hydrogen) atoms. The molecule has 0 saturated heterocycles. The Balaban J connectivity index is 2.21. The normalized spacial score (nSPS) is 9.74. The molecule has 0 bridgehead atoms. The topological polar surface area (TPSA) is 52.9 Å². The van der Waals surface area contributed by atoms with E-state index in [0.717, 1.165) is 8.04 Å². The van der Waals surface area contributed by atoms with Crippen molar-refractivity contribution in [2.24, 2.45) is 0 Å². The highest BCUT2D eigenvalue weighted by Gasteiger charge is 2.10. The second-order valence-electron chi connectivity index (χ2n) is 3.77. The molecule has 0 radical (unpaired) electrons. The molecule has 0 aromatic heterocycles. The Morgan fingerprint density at radius 2 is 1.89 bits per heavy atom. The van der Waals surface area contributed by atoms with Crippen LogP contribution in [0.15, 0.2) is 46.9 Å². The fourth-order valence-corrected chi connectivity index (χ4v) is 2.44. The first-order valence-corrected chi connectivity index (χ1v) is 7.24. The number of carbonyl (C=O) groups excluding carboxylic acids is 1. The van der Waals surface area contributed by atoms with Crippen molar-refractivity contribution in [2.75, 3.05) is 5.32 Å². The number of hydrogen-bond acceptors (Lipinski definition) is 2. The summed E-state index contributed by atoms with van der Waals surface area (Å²) in [5.74, 6) is -0.171. The Labute approximate surface area is 132 Å². The van der Waals surface area contributed by atoms with Crippen LogP contribution in [-0.4, -0.2) is 5.91 Å². The predicted octanol–water partition coefficient (Wildman–Crippen LogP) is 4.18. The minimum Gasteiger partial charge on any atom is -0.322 e. The van der Waals surface area contributed by atoms with Gasteiger partial charge in [-0.15, -0.1) is 0 Å². The number of hydrogen-bond donors (Lipinski definition) is 1. The number of halogens is 2. The minimum absolute atomic E-state index is 0.171. The van der Waals surface area contributed by atoms with E-state index in [1.807, 2.05) is 18.2 Å². The quantitative estimate of drug-likeness (QED) is 0.732. The van der Waals surface area contributed by atoms with Crippen LogP contribution in [0.25, 0.3) is 0 Å². The number of nitrogens with one attached hydrogen (secondary N) is 1. The number of carbonyl (C=O) groups is 1. The van der Waals surface area contributed by atoms with E-state index in [4.69, 9.17) is 5.26 Å². The second-order valence-corrected chi connectivity index (χ2v) is 5.85. The smallest absolute Gasteiger partial charge is 0.256 e. The molecular formula is C14H8BrIN2O. The van der Waals surface area contributed by atoms with Crippen LogP contribution in [0.4, 0.5) is 5.69 Å². The zero-order chi connectivity index (χ0) is 13.8. The lowest BCUT2D eigenvalue weighted by molar-refractivity contribution is 0.102. The van der Waals surface area contributed by atoms with Crippen molar-refractivity contribution in [3.63, 3.8) is 0 Å². The molecule has 2 rings (SSSR count). The van der Waals surface area contributed by atoms with Crippen LogP contribution in [0.1, 0.15) is 15.9 Å². The fourth-order valence-electron chi connectivity index (χ4n) is 1.50. The molecule has 1 amide bonds. The van der Waals surface area contributed by atoms with Crippen molar-refractivity contribution in [1.29, 1.82) is 5.26 Å². The highest BCUT2D eigenvalue weighted by Crippen LogP contribution is 2.20. The van der Waals surface area contributed by atoms with Crippen LogP contribution < -0.4 is 5.32 Å². The number of nitrogens with zero attached hydrogens (tertiary/aromatic N) is 1. The summed E-state index contributed by atoms with van der Waals surface area (Å²) in [6, 6.07) is 14.3. The second kappa shape index (κ2) is 6.17. The van der Waals surface area contributed by atoms with Crippen LogP contribution in [0.2, 0.25) is 0 Å². The van der Waals surface area contributed by atoms with Gasteiger partial charge in [-0.3, -0.25) is 4.79 Å². The molecule has 1 N–H and O–H groups in total. The molecule has 0 spiro atoms. The molecule has 5 heteroatoms. The average Bonchev–Trinajstić information content (AvgIpc) is 2.42. The van der Waals surface area contributed by atoms with Gasteiger partial charge >= 0.3 is 0 Å². The largest absolute Gasteiger partial charge is 0.322 e. The molecule has 0 heterocycles. The van der Waals surface area contributed by atoms with E-state index in [2.05, 4.69) is 43.8 Å². The highest BCUT2D eigenvalue weighted by molar-refractivity contribution is 14.1. The maximum Gasteiger partial charge on any atom is 0.256 e. The standard InChI is InChI=1S/C14H8BrIN2O/c15-10-3-6-13(16)12(7-10)14(19)18-11-4-1-9(8-17)2-5-11/h1-7H,(H,18,19). The van der Waals surface area contributed by atoms with E-state index in [1.54, 1.807) is 30.3 Å². The van der Waals surface area contributed by atoms with Crippen molar-refractivity contribution in [2.45, 2.75) is 0 Å². The Kier molecular flexibility index (Phi) is 4.56. The third-order valence-corrected chi connectivity index (χ3v) is 3.88. The third kappa shape index (κ3) is 3.55. The predicted molar refractivity (Wildman–Crippen MR) is 86.0 cm³/mol. The Hall–Kier alpha value is -1.39. The summed E-state index contributed by atoms with van der Waals surface area (Å²) in [6.45, 7) is 0. The SMILES string of the molecule is N#Cc1ccc(NC(=O)c2cc(Br)ccc2I)cc1. The number of rotatable bonds is 2. The van der Waals surface area contributed by atoms with Gasteiger partial charge in [-0.2, -0.15) is 5.26 Å². The molecule has 0 atom stereocenters. The molecule has 3 nitrogen and oxygen atoms in total. The van der Waals surface area contributed by atoms with E-state index in [-0.39, 0.29) is 5.91 Å². The Bertz CT molecular complexity index is 662. The van der Waals surface area contributed by atoms with Gasteiger partial charge in [0.25, 0.3) is 5.91 Å². The monoisotopic (exact) mass is 426 g/mol. The Morgan fingerprint density at radius 1 is 1.21 bits per heavy atom. The maximum atomic E-state index is 12.1. The van der Waals surface area contributed by atoms with Gasteiger partial charge < -0.3 is 5.32 Å². The van der Waals surface area contributed by atoms with Crippen LogP contribution in [0.3, 0.4) is 0 Å². The van der Waals surface area contributed by atoms with E-state index in [0.29, 0.717) is 16.8 Å². The van der Waals surface area contributed by atoms with Gasteiger partial charge in [-0.1, -0.05) is 15.9 Å². The van der Waals surface area contributed by atoms with E-state index in [1.165, 1.54) is 0 Å². The van der Waals surface area contributed by atoms with Crippen LogP contribution >= 0.6 is 38.5 Å². The summed E-state index contributed by atoms with van der Waals surface area (Å²) in [5, 5.41) is 11.5. The zero-order valence-corrected chi connectivity index (χ0v) is 13.4. The highest BCUT2D eigenvalue weighted by atomic mass is 127. The van der Waals surface area contributed by atoms with Crippen LogP contribution in [-0.2, 0) is 0 Å². The van der Waals surface area contributed by atoms with Crippen molar-refractivity contribution < 1.29 is 4.79 Å². The van der Waals surface area contributed by atoms with Crippen molar-refractivity contribution in [3.05, 3.63) is 61.6 Å². The van der Waals surface area contributed by atoms with E-state index < -0.39 is 0 Å². The minimum atomic E-state index is -0.171. The molecule has 0 saturated carbocycles. The Morgan fingerprint density at radius 3 is 2.53 bits per heavy atom. The van der Waals surface area contributed by atoms with Gasteiger partial charge in [0, 0.05) is 13.7 Å². The maximum absolute atomic E-state index is 12.1. The summed E-state index contributed by atoms with van der Waals surface area (Å²) >= 11 is 5.47. The zero-order valence-electron chi connectivity index (χ0n) is 9.65. The molecule has 0 aliphatic rings. The summed E-state index contributed by atoms with van der Waals surface area (Å²) in [6.07, 6.45) is 0. The first kappa shape index (κ1) is 14.0. The van der Waals surface area contributed by atoms with Gasteiger partial charge in [0.1, 0.15) is 0 Å². The first-order chi connectivity index (χ1) is 9.10. The molecular weight excluding hydrogens is 419 g/mol. The lowest BCUT2D eigenvalue weighted by Crippen LogP contribution is -2.13. The van der Waals surface area contributed by atoms with Crippen LogP contribution in [0, 0.1) is 14.9 Å². The first-order valence-electron chi connectivity index (χ1n) is 5.37.